The molecule has 0 saturated carbocycles. The predicted octanol–water partition coefficient (Wildman–Crippen LogP) is 2.29. The molecule has 1 heterocycles. The van der Waals surface area contributed by atoms with E-state index < -0.39 is 0 Å². The minimum atomic E-state index is 0.394. The first-order valence-corrected chi connectivity index (χ1v) is 5.58. The molecule has 2 aromatic rings. The average Bonchev–Trinajstić information content (AvgIpc) is 2.38. The molecule has 0 saturated heterocycles. The van der Waals surface area contributed by atoms with Crippen molar-refractivity contribution >= 4 is 17.2 Å². The van der Waals surface area contributed by atoms with Crippen LogP contribution in [0.15, 0.2) is 48.8 Å². The summed E-state index contributed by atoms with van der Waals surface area (Å²) in [7, 11) is 0. The molecule has 86 valence electrons. The van der Waals surface area contributed by atoms with Gasteiger partial charge in [-0.3, -0.25) is 4.98 Å². The van der Waals surface area contributed by atoms with Gasteiger partial charge in [0, 0.05) is 18.0 Å². The van der Waals surface area contributed by atoms with Crippen LogP contribution in [-0.4, -0.2) is 9.97 Å². The van der Waals surface area contributed by atoms with Gasteiger partial charge < -0.3 is 10.5 Å². The molecule has 0 aliphatic carbocycles. The Morgan fingerprint density at radius 1 is 1.12 bits per heavy atom. The predicted molar refractivity (Wildman–Crippen MR) is 70.9 cm³/mol. The maximum absolute atomic E-state index is 5.61. The third kappa shape index (κ3) is 3.26. The lowest BCUT2D eigenvalue weighted by atomic mass is 10.2. The van der Waals surface area contributed by atoms with E-state index in [1.54, 1.807) is 12.4 Å². The lowest BCUT2D eigenvalue weighted by Gasteiger charge is -2.06. The van der Waals surface area contributed by atoms with E-state index in [0.29, 0.717) is 11.6 Å². The summed E-state index contributed by atoms with van der Waals surface area (Å²) in [5.41, 5.74) is 7.44. The van der Waals surface area contributed by atoms with Gasteiger partial charge in [0.25, 0.3) is 0 Å². The fraction of sp³-hybridized carbons (Fsp3) is 0.0769. The molecule has 1 aromatic heterocycles. The molecule has 0 atom stereocenters. The van der Waals surface area contributed by atoms with Crippen LogP contribution in [0.5, 0.6) is 5.75 Å². The quantitative estimate of drug-likeness (QED) is 0.838. The van der Waals surface area contributed by atoms with Crippen LogP contribution in [-0.2, 0) is 6.61 Å². The second-order valence-electron chi connectivity index (χ2n) is 3.53. The molecule has 0 aliphatic rings. The maximum atomic E-state index is 5.61. The van der Waals surface area contributed by atoms with Gasteiger partial charge in [0.1, 0.15) is 17.3 Å². The number of pyridine rings is 1. The number of aromatic nitrogens is 1. The van der Waals surface area contributed by atoms with Crippen molar-refractivity contribution in [1.82, 2.24) is 4.98 Å². The summed E-state index contributed by atoms with van der Waals surface area (Å²) in [5, 5.41) is 0. The smallest absolute Gasteiger partial charge is 0.119 e. The zero-order valence-electron chi connectivity index (χ0n) is 9.17. The molecule has 0 bridgehead atoms. The van der Waals surface area contributed by atoms with Gasteiger partial charge in [-0.15, -0.1) is 0 Å². The summed E-state index contributed by atoms with van der Waals surface area (Å²) in [5.74, 6) is 0.793. The minimum Gasteiger partial charge on any atom is -0.489 e. The largest absolute Gasteiger partial charge is 0.489 e. The molecule has 2 N–H and O–H groups in total. The summed E-state index contributed by atoms with van der Waals surface area (Å²) >= 11 is 4.88. The molecule has 0 aliphatic heterocycles. The van der Waals surface area contributed by atoms with Crippen LogP contribution in [0.4, 0.5) is 0 Å². The van der Waals surface area contributed by atoms with Gasteiger partial charge in [0.05, 0.1) is 0 Å². The second-order valence-corrected chi connectivity index (χ2v) is 3.97. The Balaban J connectivity index is 1.98. The minimum absolute atomic E-state index is 0.394. The van der Waals surface area contributed by atoms with Crippen molar-refractivity contribution < 1.29 is 4.74 Å². The Kier molecular flexibility index (Phi) is 3.67. The Hall–Kier alpha value is -1.94. The first-order valence-electron chi connectivity index (χ1n) is 5.17. The molecule has 3 nitrogen and oxygen atoms in total. The van der Waals surface area contributed by atoms with Crippen LogP contribution in [0.2, 0.25) is 0 Å². The molecule has 0 fully saturated rings. The van der Waals surface area contributed by atoms with Gasteiger partial charge in [-0.1, -0.05) is 12.2 Å². The highest BCUT2D eigenvalue weighted by Crippen LogP contribution is 2.13. The van der Waals surface area contributed by atoms with E-state index in [0.717, 1.165) is 16.9 Å². The number of hydrogen-bond donors (Lipinski definition) is 1. The van der Waals surface area contributed by atoms with Crippen LogP contribution in [0, 0.1) is 0 Å². The van der Waals surface area contributed by atoms with Crippen molar-refractivity contribution in [2.24, 2.45) is 5.73 Å². The zero-order chi connectivity index (χ0) is 12.1. The Labute approximate surface area is 105 Å². The zero-order valence-corrected chi connectivity index (χ0v) is 9.98. The van der Waals surface area contributed by atoms with Crippen molar-refractivity contribution in [1.29, 1.82) is 0 Å². The lowest BCUT2D eigenvalue weighted by molar-refractivity contribution is 0.306. The first-order chi connectivity index (χ1) is 8.25. The number of nitrogens with zero attached hydrogens (tertiary/aromatic N) is 1. The molecular formula is C13H12N2OS. The van der Waals surface area contributed by atoms with Crippen LogP contribution in [0.3, 0.4) is 0 Å². The third-order valence-electron chi connectivity index (χ3n) is 2.29. The Bertz CT molecular complexity index is 497. The van der Waals surface area contributed by atoms with Gasteiger partial charge >= 0.3 is 0 Å². The standard InChI is InChI=1S/C13H12N2OS/c14-13(17)11-1-3-12(4-2-11)16-9-10-5-7-15-8-6-10/h1-8H,9H2,(H2,14,17). The number of hydrogen-bond acceptors (Lipinski definition) is 3. The summed E-state index contributed by atoms with van der Waals surface area (Å²) in [6.07, 6.45) is 3.49. The normalized spacial score (nSPS) is 9.88. The SMILES string of the molecule is NC(=S)c1ccc(OCc2ccncc2)cc1. The number of benzene rings is 1. The lowest BCUT2D eigenvalue weighted by Crippen LogP contribution is -2.08. The molecule has 0 radical (unpaired) electrons. The van der Waals surface area contributed by atoms with Gasteiger partial charge in [0.15, 0.2) is 0 Å². The number of thiocarbonyl (C=S) groups is 1. The summed E-state index contributed by atoms with van der Waals surface area (Å²) in [4.78, 5) is 4.34. The van der Waals surface area contributed by atoms with Crippen molar-refractivity contribution in [3.63, 3.8) is 0 Å². The van der Waals surface area contributed by atoms with E-state index in [9.17, 15) is 0 Å². The van der Waals surface area contributed by atoms with Crippen molar-refractivity contribution in [3.8, 4) is 5.75 Å². The number of nitrogens with two attached hydrogens (primary N) is 1. The van der Waals surface area contributed by atoms with Crippen LogP contribution < -0.4 is 10.5 Å². The van der Waals surface area contributed by atoms with E-state index in [4.69, 9.17) is 22.7 Å². The highest BCUT2D eigenvalue weighted by atomic mass is 32.1. The van der Waals surface area contributed by atoms with Crippen LogP contribution >= 0.6 is 12.2 Å². The molecule has 1 aromatic carbocycles. The third-order valence-corrected chi connectivity index (χ3v) is 2.53. The van der Waals surface area contributed by atoms with Gasteiger partial charge in [-0.2, -0.15) is 0 Å². The van der Waals surface area contributed by atoms with Crippen molar-refractivity contribution in [2.75, 3.05) is 0 Å². The van der Waals surface area contributed by atoms with Crippen LogP contribution in [0.1, 0.15) is 11.1 Å². The highest BCUT2D eigenvalue weighted by molar-refractivity contribution is 7.80. The summed E-state index contributed by atoms with van der Waals surface area (Å²) in [6, 6.07) is 11.3. The van der Waals surface area contributed by atoms with Crippen molar-refractivity contribution in [3.05, 3.63) is 59.9 Å². The maximum Gasteiger partial charge on any atom is 0.119 e. The molecule has 4 heteroatoms. The molecule has 0 spiro atoms. The summed E-state index contributed by atoms with van der Waals surface area (Å²) < 4.78 is 5.61. The topological polar surface area (TPSA) is 48.1 Å². The van der Waals surface area contributed by atoms with E-state index in [1.165, 1.54) is 0 Å². The van der Waals surface area contributed by atoms with E-state index in [2.05, 4.69) is 4.98 Å². The molecule has 17 heavy (non-hydrogen) atoms. The van der Waals surface area contributed by atoms with Gasteiger partial charge in [0.2, 0.25) is 0 Å². The van der Waals surface area contributed by atoms with Crippen LogP contribution in [0.25, 0.3) is 0 Å². The Morgan fingerprint density at radius 2 is 1.76 bits per heavy atom. The molecular weight excluding hydrogens is 232 g/mol. The summed E-state index contributed by atoms with van der Waals surface area (Å²) in [6.45, 7) is 0.523. The first kappa shape index (κ1) is 11.5. The molecule has 0 unspecified atom stereocenters. The average molecular weight is 244 g/mol. The number of ether oxygens (including phenoxy) is 1. The monoisotopic (exact) mass is 244 g/mol. The van der Waals surface area contributed by atoms with E-state index in [-0.39, 0.29) is 0 Å². The number of rotatable bonds is 4. The Morgan fingerprint density at radius 3 is 2.35 bits per heavy atom. The van der Waals surface area contributed by atoms with Crippen molar-refractivity contribution in [2.45, 2.75) is 6.61 Å². The second kappa shape index (κ2) is 5.41. The fourth-order valence-electron chi connectivity index (χ4n) is 1.36. The van der Waals surface area contributed by atoms with Gasteiger partial charge in [-0.25, -0.2) is 0 Å². The highest BCUT2D eigenvalue weighted by Gasteiger charge is 1.98. The van der Waals surface area contributed by atoms with Gasteiger partial charge in [-0.05, 0) is 42.0 Å². The fourth-order valence-corrected chi connectivity index (χ4v) is 1.50. The van der Waals surface area contributed by atoms with E-state index in [1.807, 2.05) is 36.4 Å². The molecule has 0 amide bonds. The molecule has 2 rings (SSSR count). The van der Waals surface area contributed by atoms with E-state index >= 15 is 0 Å².